The van der Waals surface area contributed by atoms with Crippen molar-refractivity contribution in [2.75, 3.05) is 36.8 Å². The Morgan fingerprint density at radius 2 is 1.51 bits per heavy atom. The van der Waals surface area contributed by atoms with Gasteiger partial charge in [-0.05, 0) is 97.3 Å². The van der Waals surface area contributed by atoms with Gasteiger partial charge in [-0.1, -0.05) is 93.5 Å². The number of allylic oxidation sites excluding steroid dienone is 6. The van der Waals surface area contributed by atoms with Gasteiger partial charge >= 0.3 is 10.6 Å². The summed E-state index contributed by atoms with van der Waals surface area (Å²) in [5.41, 5.74) is 5.99. The van der Waals surface area contributed by atoms with Gasteiger partial charge in [-0.2, -0.15) is 21.4 Å². The summed E-state index contributed by atoms with van der Waals surface area (Å²) in [4.78, 5) is 44.9. The number of carbonyl (C=O) groups excluding carboxylic acids is 3. The van der Waals surface area contributed by atoms with Crippen LogP contribution in [0, 0.1) is 0 Å². The minimum atomic E-state index is -4.60. The summed E-state index contributed by atoms with van der Waals surface area (Å²) in [7, 11) is -16.0. The minimum Gasteiger partial charge on any atom is -0.356 e. The van der Waals surface area contributed by atoms with Crippen molar-refractivity contribution in [3.05, 3.63) is 142 Å². The van der Waals surface area contributed by atoms with E-state index >= 15 is 0 Å². The summed E-state index contributed by atoms with van der Waals surface area (Å²) in [6, 6.07) is 24.3. The first-order chi connectivity index (χ1) is 40.0. The number of sulfonamides is 1. The van der Waals surface area contributed by atoms with Crippen LogP contribution in [0.1, 0.15) is 118 Å². The fraction of sp³-hybridized carbons (Fsp3) is 0.362. The molecule has 6 N–H and O–H groups in total. The number of pyridine rings is 1. The predicted molar refractivity (Wildman–Crippen MR) is 324 cm³/mol. The van der Waals surface area contributed by atoms with Crippen molar-refractivity contribution in [2.24, 2.45) is 5.14 Å². The first-order valence-electron chi connectivity index (χ1n) is 27.2. The Kier molecular flexibility index (Phi) is 21.1. The number of rotatable bonds is 25. The van der Waals surface area contributed by atoms with Crippen molar-refractivity contribution in [3.8, 4) is 0 Å². The van der Waals surface area contributed by atoms with Crippen LogP contribution in [0.4, 0.5) is 11.4 Å². The molecule has 0 radical (unpaired) electrons. The molecule has 0 saturated carbocycles. The number of hydrogen-bond donors (Lipinski definition) is 5. The Labute approximate surface area is 499 Å². The van der Waals surface area contributed by atoms with Gasteiger partial charge in [-0.3, -0.25) is 28.5 Å². The van der Waals surface area contributed by atoms with Crippen LogP contribution in [-0.2, 0) is 67.7 Å². The molecule has 85 heavy (non-hydrogen) atoms. The Hall–Kier alpha value is -7.24. The number of fused-ring (bicyclic) bond motifs is 6. The number of nitrogens with one attached hydrogen (secondary N) is 2. The van der Waals surface area contributed by atoms with E-state index in [-0.39, 0.29) is 70.6 Å². The van der Waals surface area contributed by atoms with Gasteiger partial charge in [0.2, 0.25) is 15.9 Å². The van der Waals surface area contributed by atoms with E-state index in [1.807, 2.05) is 43.0 Å². The zero-order chi connectivity index (χ0) is 62.1. The van der Waals surface area contributed by atoms with E-state index in [0.717, 1.165) is 58.8 Å². The number of unbranched alkanes of at least 4 members (excludes halogenated alkanes) is 3. The molecule has 0 fully saturated rings. The number of ketones is 1. The molecule has 0 bridgehead atoms. The molecule has 0 spiro atoms. The van der Waals surface area contributed by atoms with Gasteiger partial charge in [-0.15, -0.1) is 22.8 Å². The molecule has 0 aliphatic carbocycles. The van der Waals surface area contributed by atoms with Crippen molar-refractivity contribution < 1.29 is 65.9 Å². The highest BCUT2D eigenvalue weighted by Crippen LogP contribution is 2.52. The lowest BCUT2D eigenvalue weighted by atomic mass is 9.79. The van der Waals surface area contributed by atoms with Gasteiger partial charge in [0.05, 0.1) is 28.8 Å². The number of primary sulfonamides is 1. The van der Waals surface area contributed by atoms with Gasteiger partial charge in [-0.25, -0.2) is 13.6 Å². The molecule has 2 aliphatic rings. The number of hydrogen-bond acceptors (Lipinski definition) is 17. The Balaban J connectivity index is 0.00000251. The molecule has 0 saturated heterocycles. The number of benzene rings is 4. The summed E-state index contributed by atoms with van der Waals surface area (Å²) in [6.45, 7) is 12.1. The van der Waals surface area contributed by atoms with Crippen LogP contribution in [-0.4, -0.2) is 122 Å². The number of nitrogens with two attached hydrogens (primary N) is 1. The molecule has 2 aliphatic heterocycles. The summed E-state index contributed by atoms with van der Waals surface area (Å²) < 4.78 is 119. The fourth-order valence-electron chi connectivity index (χ4n) is 10.8. The third kappa shape index (κ3) is 16.2. The van der Waals surface area contributed by atoms with E-state index in [2.05, 4.69) is 82.6 Å². The van der Waals surface area contributed by atoms with Crippen molar-refractivity contribution >= 4 is 114 Å². The molecule has 27 heteroatoms. The molecular formula is C58H67N8O14S5+. The Morgan fingerprint density at radius 1 is 0.776 bits per heavy atom. The monoisotopic (exact) mass is 1260 g/mol. The normalized spacial score (nSPS) is 15.3. The van der Waals surface area contributed by atoms with Crippen LogP contribution in [0.5, 0.6) is 0 Å². The topological polar surface area (TPSA) is 340 Å². The van der Waals surface area contributed by atoms with Crippen LogP contribution < -0.4 is 20.7 Å². The van der Waals surface area contributed by atoms with Gasteiger partial charge in [0.1, 0.15) is 22.2 Å². The quantitative estimate of drug-likeness (QED) is 0.0160. The van der Waals surface area contributed by atoms with Gasteiger partial charge in [0, 0.05) is 90.6 Å². The molecule has 4 aromatic carbocycles. The molecule has 452 valence electrons. The number of Topliss-reactive ketones (excluding diaryl/α,β-unsaturated/α-hetero) is 1. The number of aromatic nitrogens is 3. The largest absolute Gasteiger partial charge is 0.425 e. The van der Waals surface area contributed by atoms with Crippen LogP contribution in [0.3, 0.4) is 0 Å². The van der Waals surface area contributed by atoms with Crippen LogP contribution in [0.15, 0.2) is 124 Å². The summed E-state index contributed by atoms with van der Waals surface area (Å²) >= 11 is 0.726. The molecule has 2 amide bonds. The predicted octanol–water partition coefficient (Wildman–Crippen LogP) is 7.51. The average Bonchev–Trinajstić information content (AvgIpc) is 1.69. The highest BCUT2D eigenvalue weighted by atomic mass is 32.2. The molecule has 4 heterocycles. The maximum absolute atomic E-state index is 13.5. The lowest BCUT2D eigenvalue weighted by molar-refractivity contribution is -0.438. The molecular weight excluding hydrogens is 1190 g/mol. The highest BCUT2D eigenvalue weighted by Gasteiger charge is 2.46. The minimum absolute atomic E-state index is 0.0353. The maximum Gasteiger partial charge on any atom is 0.425 e. The molecule has 6 aromatic rings. The Morgan fingerprint density at radius 3 is 2.18 bits per heavy atom. The standard InChI is InChI=1S/C58H66N8O11S4.O3S/c1-6-7-33-65-46-26-21-38-15-10-11-16-42(38)53(46)57(2,3)49(65)28-22-39(23-29-50-58(4,5)54-44-17-13-18-48(81(75,76)77)43(44)24-27-47(54)66(50)34-14-35-79(70,71)72)45-25-20-40(37-62-45)55(69)61-31-12-8-9-19-51(68)60-32-30-41(67)36-52-63-64-56(78-52)80(59,73)74;1-4(2)3/h10-11,13,15-18,20-29,37H,6-9,12,14,19,30-36H2,1-5H3,(H5-,59,60,61,68,69,70,71,72,73,74,75,76,77);/p+1. The van der Waals surface area contributed by atoms with E-state index in [1.165, 1.54) is 23.2 Å². The molecule has 0 unspecified atom stereocenters. The third-order valence-corrected chi connectivity index (χ3v) is 18.6. The fourth-order valence-corrected chi connectivity index (χ4v) is 13.5. The highest BCUT2D eigenvalue weighted by molar-refractivity contribution is 7.91. The van der Waals surface area contributed by atoms with E-state index < -0.39 is 57.5 Å². The number of amides is 2. The second-order valence-electron chi connectivity index (χ2n) is 21.4. The Bertz CT molecular complexity index is 4150. The average molecular weight is 1260 g/mol. The smallest absolute Gasteiger partial charge is 0.356 e. The zero-order valence-corrected chi connectivity index (χ0v) is 51.5. The van der Waals surface area contributed by atoms with E-state index in [4.69, 9.17) is 22.7 Å². The lowest BCUT2D eigenvalue weighted by Crippen LogP contribution is -2.28. The number of carbonyl (C=O) groups is 3. The maximum atomic E-state index is 13.5. The van der Waals surface area contributed by atoms with Crippen LogP contribution in [0.2, 0.25) is 0 Å². The number of nitrogens with zero attached hydrogens (tertiary/aromatic N) is 5. The summed E-state index contributed by atoms with van der Waals surface area (Å²) in [5.74, 6) is -1.28. The third-order valence-electron chi connectivity index (χ3n) is 14.7. The molecule has 22 nitrogen and oxygen atoms in total. The second kappa shape index (κ2) is 27.4. The van der Waals surface area contributed by atoms with E-state index in [1.54, 1.807) is 36.4 Å². The van der Waals surface area contributed by atoms with Gasteiger partial charge < -0.3 is 15.5 Å². The molecule has 0 atom stereocenters. The van der Waals surface area contributed by atoms with Crippen LogP contribution >= 0.6 is 11.3 Å². The second-order valence-corrected chi connectivity index (χ2v) is 27.6. The van der Waals surface area contributed by atoms with E-state index in [0.29, 0.717) is 59.1 Å². The SMILES string of the molecule is CCCC[N+]1=C(/C=C/C(=C/C=C2/N(CCCS(=O)(=O)O)c3ccc4c(S(=O)(=O)O)cccc4c3C2(C)C)c2ccc(C(=O)NCCCCCC(=O)NCCC(=O)Cc3nnc(S(N)(=O)=O)s3)cn2)C(C)(C)c2c1ccc1ccccc21.O=S(=O)=O. The van der Waals surface area contributed by atoms with Crippen molar-refractivity contribution in [1.29, 1.82) is 0 Å². The first-order valence-corrected chi connectivity index (χ1v) is 33.6. The van der Waals surface area contributed by atoms with Crippen LogP contribution in [0.25, 0.3) is 27.1 Å². The van der Waals surface area contributed by atoms with Gasteiger partial charge in [0.25, 0.3) is 36.2 Å². The number of anilines is 1. The summed E-state index contributed by atoms with van der Waals surface area (Å²) in [6.07, 6.45) is 13.5. The molecule has 8 rings (SSSR count). The van der Waals surface area contributed by atoms with Crippen molar-refractivity contribution in [2.45, 2.75) is 112 Å². The van der Waals surface area contributed by atoms with Crippen molar-refractivity contribution in [1.82, 2.24) is 25.8 Å². The van der Waals surface area contributed by atoms with E-state index in [9.17, 15) is 48.7 Å². The molecule has 2 aromatic heterocycles. The van der Waals surface area contributed by atoms with Gasteiger partial charge in [0.15, 0.2) is 5.71 Å². The first kappa shape index (κ1) is 65.3. The van der Waals surface area contributed by atoms with Crippen molar-refractivity contribution in [3.63, 3.8) is 0 Å². The lowest BCUT2D eigenvalue weighted by Gasteiger charge is -2.27. The zero-order valence-electron chi connectivity index (χ0n) is 47.4. The summed E-state index contributed by atoms with van der Waals surface area (Å²) in [5, 5.41) is 21.4.